The predicted molar refractivity (Wildman–Crippen MR) is 59.2 cm³/mol. The van der Waals surface area contributed by atoms with Crippen molar-refractivity contribution in [2.75, 3.05) is 19.7 Å². The monoisotopic (exact) mass is 225 g/mol. The van der Waals surface area contributed by atoms with Gasteiger partial charge in [0.1, 0.15) is 0 Å². The second-order valence-corrected chi connectivity index (χ2v) is 4.45. The highest BCUT2D eigenvalue weighted by atomic mass is 16.5. The van der Waals surface area contributed by atoms with Gasteiger partial charge >= 0.3 is 0 Å². The zero-order valence-electron chi connectivity index (χ0n) is 9.70. The molecule has 0 spiro atoms. The third-order valence-corrected chi connectivity index (χ3v) is 3.23. The lowest BCUT2D eigenvalue weighted by Crippen LogP contribution is -2.29. The van der Waals surface area contributed by atoms with E-state index in [-0.39, 0.29) is 12.0 Å². The van der Waals surface area contributed by atoms with Gasteiger partial charge in [0, 0.05) is 13.0 Å². The number of nitrogens with zero attached hydrogens (tertiary/aromatic N) is 2. The van der Waals surface area contributed by atoms with Gasteiger partial charge in [-0.15, -0.1) is 0 Å². The quantitative estimate of drug-likeness (QED) is 0.769. The molecular formula is C11H19N3O2. The molecule has 2 rings (SSSR count). The van der Waals surface area contributed by atoms with Gasteiger partial charge in [-0.25, -0.2) is 0 Å². The third-order valence-electron chi connectivity index (χ3n) is 3.23. The summed E-state index contributed by atoms with van der Waals surface area (Å²) in [6.07, 6.45) is 3.71. The zero-order valence-corrected chi connectivity index (χ0v) is 9.70. The van der Waals surface area contributed by atoms with Crippen LogP contribution in [0.4, 0.5) is 0 Å². The van der Waals surface area contributed by atoms with Crippen LogP contribution >= 0.6 is 0 Å². The molecule has 1 unspecified atom stereocenters. The molecule has 1 aliphatic heterocycles. The van der Waals surface area contributed by atoms with Crippen LogP contribution < -0.4 is 5.32 Å². The molecule has 90 valence electrons. The Balaban J connectivity index is 2.18. The Morgan fingerprint density at radius 3 is 3.06 bits per heavy atom. The highest BCUT2D eigenvalue weighted by Crippen LogP contribution is 2.34. The minimum absolute atomic E-state index is 0.0233. The molecule has 0 radical (unpaired) electrons. The molecule has 0 saturated carbocycles. The maximum absolute atomic E-state index is 8.83. The van der Waals surface area contributed by atoms with Crippen LogP contribution in [-0.4, -0.2) is 34.9 Å². The lowest BCUT2D eigenvalue weighted by atomic mass is 9.82. The molecule has 1 saturated heterocycles. The first-order chi connectivity index (χ1) is 7.80. The number of nitrogens with one attached hydrogen (secondary N) is 1. The maximum atomic E-state index is 8.83. The predicted octanol–water partition coefficient (Wildman–Crippen LogP) is 0.636. The van der Waals surface area contributed by atoms with E-state index in [1.807, 2.05) is 0 Å². The zero-order chi connectivity index (χ0) is 11.4. The number of hydrogen-bond acceptors (Lipinski definition) is 5. The van der Waals surface area contributed by atoms with E-state index < -0.39 is 0 Å². The van der Waals surface area contributed by atoms with Gasteiger partial charge in [0.25, 0.3) is 0 Å². The Hall–Kier alpha value is -0.940. The van der Waals surface area contributed by atoms with Gasteiger partial charge in [0.15, 0.2) is 5.82 Å². The summed E-state index contributed by atoms with van der Waals surface area (Å²) in [4.78, 5) is 4.40. The number of aliphatic hydroxyl groups is 1. The maximum Gasteiger partial charge on any atom is 0.234 e. The van der Waals surface area contributed by atoms with E-state index in [0.29, 0.717) is 12.2 Å². The minimum Gasteiger partial charge on any atom is -0.396 e. The van der Waals surface area contributed by atoms with Gasteiger partial charge in [0.05, 0.1) is 12.0 Å². The lowest BCUT2D eigenvalue weighted by Gasteiger charge is -2.22. The van der Waals surface area contributed by atoms with Crippen LogP contribution in [0, 0.1) is 0 Å². The van der Waals surface area contributed by atoms with Crippen molar-refractivity contribution in [1.82, 2.24) is 15.5 Å². The fourth-order valence-corrected chi connectivity index (χ4v) is 2.40. The van der Waals surface area contributed by atoms with E-state index in [2.05, 4.69) is 22.4 Å². The van der Waals surface area contributed by atoms with E-state index in [1.165, 1.54) is 0 Å². The van der Waals surface area contributed by atoms with Gasteiger partial charge < -0.3 is 14.9 Å². The summed E-state index contributed by atoms with van der Waals surface area (Å²) in [5, 5.41) is 16.1. The van der Waals surface area contributed by atoms with E-state index in [4.69, 9.17) is 9.63 Å². The number of aromatic nitrogens is 2. The molecule has 0 aromatic carbocycles. The SMILES string of the molecule is CCCC1(c2nc(CCO)no2)CCNC1. The molecule has 0 bridgehead atoms. The van der Waals surface area contributed by atoms with Crippen LogP contribution in [0.1, 0.15) is 37.9 Å². The van der Waals surface area contributed by atoms with Crippen molar-refractivity contribution in [2.45, 2.75) is 38.0 Å². The molecule has 1 aromatic rings. The number of rotatable bonds is 5. The first-order valence-electron chi connectivity index (χ1n) is 5.95. The summed E-state index contributed by atoms with van der Waals surface area (Å²) < 4.78 is 5.34. The average molecular weight is 225 g/mol. The summed E-state index contributed by atoms with van der Waals surface area (Å²) in [6.45, 7) is 4.17. The molecular weight excluding hydrogens is 206 g/mol. The standard InChI is InChI=1S/C11H19N3O2/c1-2-4-11(5-6-12-8-11)10-13-9(3-7-15)14-16-10/h12,15H,2-8H2,1H3. The highest BCUT2D eigenvalue weighted by molar-refractivity contribution is 5.10. The van der Waals surface area contributed by atoms with E-state index in [9.17, 15) is 0 Å². The second-order valence-electron chi connectivity index (χ2n) is 4.45. The molecule has 1 aliphatic rings. The topological polar surface area (TPSA) is 71.2 Å². The summed E-state index contributed by atoms with van der Waals surface area (Å²) in [5.41, 5.74) is 0.0233. The summed E-state index contributed by atoms with van der Waals surface area (Å²) in [5.74, 6) is 1.35. The second kappa shape index (κ2) is 4.93. The van der Waals surface area contributed by atoms with Gasteiger partial charge in [-0.1, -0.05) is 18.5 Å². The largest absolute Gasteiger partial charge is 0.396 e. The van der Waals surface area contributed by atoms with Crippen molar-refractivity contribution < 1.29 is 9.63 Å². The van der Waals surface area contributed by atoms with Crippen molar-refractivity contribution in [2.24, 2.45) is 0 Å². The first kappa shape index (κ1) is 11.5. The Bertz CT molecular complexity index is 332. The fourth-order valence-electron chi connectivity index (χ4n) is 2.40. The molecule has 5 heteroatoms. The number of hydrogen-bond donors (Lipinski definition) is 2. The third kappa shape index (κ3) is 2.10. The van der Waals surface area contributed by atoms with Crippen molar-refractivity contribution in [3.05, 3.63) is 11.7 Å². The van der Waals surface area contributed by atoms with Crippen molar-refractivity contribution in [1.29, 1.82) is 0 Å². The van der Waals surface area contributed by atoms with Crippen LogP contribution in [-0.2, 0) is 11.8 Å². The van der Waals surface area contributed by atoms with Crippen LogP contribution in [0.15, 0.2) is 4.52 Å². The van der Waals surface area contributed by atoms with Crippen LogP contribution in [0.3, 0.4) is 0 Å². The van der Waals surface area contributed by atoms with Crippen LogP contribution in [0.5, 0.6) is 0 Å². The van der Waals surface area contributed by atoms with Gasteiger partial charge in [0.2, 0.25) is 5.89 Å². The van der Waals surface area contributed by atoms with Crippen molar-refractivity contribution in [3.63, 3.8) is 0 Å². The van der Waals surface area contributed by atoms with Crippen molar-refractivity contribution >= 4 is 0 Å². The minimum atomic E-state index is 0.0233. The Morgan fingerprint density at radius 1 is 1.56 bits per heavy atom. The summed E-state index contributed by atoms with van der Waals surface area (Å²) >= 11 is 0. The first-order valence-corrected chi connectivity index (χ1v) is 5.95. The summed E-state index contributed by atoms with van der Waals surface area (Å²) in [6, 6.07) is 0. The highest BCUT2D eigenvalue weighted by Gasteiger charge is 2.39. The lowest BCUT2D eigenvalue weighted by molar-refractivity contribution is 0.272. The van der Waals surface area contributed by atoms with Gasteiger partial charge in [-0.2, -0.15) is 4.98 Å². The molecule has 1 fully saturated rings. The Morgan fingerprint density at radius 2 is 2.44 bits per heavy atom. The number of aliphatic hydroxyl groups excluding tert-OH is 1. The fraction of sp³-hybridized carbons (Fsp3) is 0.818. The Kier molecular flexibility index (Phi) is 3.56. The van der Waals surface area contributed by atoms with E-state index in [0.717, 1.165) is 38.2 Å². The van der Waals surface area contributed by atoms with E-state index in [1.54, 1.807) is 0 Å². The normalized spacial score (nSPS) is 25.1. The molecule has 2 heterocycles. The van der Waals surface area contributed by atoms with E-state index >= 15 is 0 Å². The van der Waals surface area contributed by atoms with Gasteiger partial charge in [-0.05, 0) is 19.4 Å². The van der Waals surface area contributed by atoms with Crippen molar-refractivity contribution in [3.8, 4) is 0 Å². The molecule has 1 aromatic heterocycles. The molecule has 5 nitrogen and oxygen atoms in total. The van der Waals surface area contributed by atoms with Gasteiger partial charge in [-0.3, -0.25) is 0 Å². The Labute approximate surface area is 95.2 Å². The average Bonchev–Trinajstić information content (AvgIpc) is 2.88. The summed E-state index contributed by atoms with van der Waals surface area (Å²) in [7, 11) is 0. The molecule has 16 heavy (non-hydrogen) atoms. The van der Waals surface area contributed by atoms with Crippen LogP contribution in [0.25, 0.3) is 0 Å². The molecule has 2 N–H and O–H groups in total. The molecule has 0 amide bonds. The smallest absolute Gasteiger partial charge is 0.234 e. The van der Waals surface area contributed by atoms with Crippen LogP contribution in [0.2, 0.25) is 0 Å². The molecule has 1 atom stereocenters. The molecule has 0 aliphatic carbocycles.